The Labute approximate surface area is 213 Å². The van der Waals surface area contributed by atoms with Crippen LogP contribution in [0.25, 0.3) is 22.3 Å². The fourth-order valence-corrected chi connectivity index (χ4v) is 4.27. The van der Waals surface area contributed by atoms with Crippen molar-refractivity contribution in [3.05, 3.63) is 72.8 Å². The molecule has 0 aromatic heterocycles. The molecule has 0 amide bonds. The summed E-state index contributed by atoms with van der Waals surface area (Å²) >= 11 is 0. The van der Waals surface area contributed by atoms with Crippen molar-refractivity contribution in [2.75, 3.05) is 40.6 Å². The number of ether oxygens (including phenoxy) is 6. The quantitative estimate of drug-likeness (QED) is 0.318. The van der Waals surface area contributed by atoms with E-state index in [1.165, 1.54) is 0 Å². The number of hydrogen-bond acceptors (Lipinski definition) is 6. The van der Waals surface area contributed by atoms with Crippen LogP contribution in [0, 0.1) is 0 Å². The van der Waals surface area contributed by atoms with Crippen LogP contribution in [0.5, 0.6) is 11.5 Å². The molecular formula is C30H34O6. The van der Waals surface area contributed by atoms with E-state index in [1.54, 1.807) is 14.2 Å². The molecule has 3 aromatic carbocycles. The predicted octanol–water partition coefficient (Wildman–Crippen LogP) is 5.39. The normalized spacial score (nSPS) is 24.1. The van der Waals surface area contributed by atoms with Crippen molar-refractivity contribution >= 4 is 0 Å². The second-order valence-electron chi connectivity index (χ2n) is 9.90. The Morgan fingerprint density at radius 3 is 1.11 bits per heavy atom. The summed E-state index contributed by atoms with van der Waals surface area (Å²) in [6, 6.07) is 24.8. The van der Waals surface area contributed by atoms with E-state index in [9.17, 15) is 0 Å². The van der Waals surface area contributed by atoms with E-state index >= 15 is 0 Å². The Balaban J connectivity index is 1.16. The molecule has 0 radical (unpaired) electrons. The Kier molecular flexibility index (Phi) is 7.04. The Bertz CT molecular complexity index is 1040. The highest BCUT2D eigenvalue weighted by atomic mass is 16.6. The molecular weight excluding hydrogens is 456 g/mol. The summed E-state index contributed by atoms with van der Waals surface area (Å²) in [5.41, 5.74) is 4.14. The highest BCUT2D eigenvalue weighted by Gasteiger charge is 2.48. The van der Waals surface area contributed by atoms with Gasteiger partial charge in [0.1, 0.15) is 48.1 Å². The van der Waals surface area contributed by atoms with Gasteiger partial charge in [-0.2, -0.15) is 0 Å². The summed E-state index contributed by atoms with van der Waals surface area (Å²) in [7, 11) is 3.39. The maximum Gasteiger partial charge on any atom is 0.122 e. The average molecular weight is 491 g/mol. The first-order valence-corrected chi connectivity index (χ1v) is 12.3. The first-order chi connectivity index (χ1) is 17.4. The molecule has 6 heteroatoms. The van der Waals surface area contributed by atoms with Crippen LogP contribution in [0.3, 0.4) is 0 Å². The molecule has 190 valence electrons. The van der Waals surface area contributed by atoms with Crippen LogP contribution in [0.1, 0.15) is 13.8 Å². The van der Waals surface area contributed by atoms with Gasteiger partial charge < -0.3 is 28.4 Å². The van der Waals surface area contributed by atoms with Gasteiger partial charge in [0.2, 0.25) is 0 Å². The van der Waals surface area contributed by atoms with Crippen LogP contribution in [-0.4, -0.2) is 64.1 Å². The molecule has 4 unspecified atom stereocenters. The van der Waals surface area contributed by atoms with Gasteiger partial charge in [0.15, 0.2) is 0 Å². The molecule has 2 saturated heterocycles. The van der Waals surface area contributed by atoms with Crippen LogP contribution >= 0.6 is 0 Å². The highest BCUT2D eigenvalue weighted by molar-refractivity contribution is 5.71. The van der Waals surface area contributed by atoms with Crippen LogP contribution < -0.4 is 9.47 Å². The minimum Gasteiger partial charge on any atom is -0.491 e. The monoisotopic (exact) mass is 490 g/mol. The zero-order chi connectivity index (χ0) is 25.2. The van der Waals surface area contributed by atoms with Gasteiger partial charge in [-0.3, -0.25) is 0 Å². The molecule has 0 aliphatic carbocycles. The Morgan fingerprint density at radius 1 is 0.583 bits per heavy atom. The molecule has 0 N–H and O–H groups in total. The third kappa shape index (κ3) is 5.57. The predicted molar refractivity (Wildman–Crippen MR) is 139 cm³/mol. The van der Waals surface area contributed by atoms with Gasteiger partial charge in [-0.25, -0.2) is 0 Å². The number of benzene rings is 3. The zero-order valence-corrected chi connectivity index (χ0v) is 21.4. The summed E-state index contributed by atoms with van der Waals surface area (Å²) in [5.74, 6) is 1.64. The molecule has 2 heterocycles. The second-order valence-corrected chi connectivity index (χ2v) is 9.90. The molecule has 36 heavy (non-hydrogen) atoms. The van der Waals surface area contributed by atoms with E-state index in [4.69, 9.17) is 28.4 Å². The number of epoxide rings is 2. The van der Waals surface area contributed by atoms with Gasteiger partial charge in [0.25, 0.3) is 0 Å². The molecule has 5 rings (SSSR count). The molecule has 0 spiro atoms. The van der Waals surface area contributed by atoms with Gasteiger partial charge in [-0.15, -0.1) is 0 Å². The van der Waals surface area contributed by atoms with E-state index < -0.39 is 0 Å². The fraction of sp³-hybridized carbons (Fsp3) is 0.400. The average Bonchev–Trinajstić information content (AvgIpc) is 3.84. The van der Waals surface area contributed by atoms with Gasteiger partial charge in [0.05, 0.1) is 13.2 Å². The van der Waals surface area contributed by atoms with Gasteiger partial charge in [-0.05, 0) is 60.4 Å². The zero-order valence-electron chi connectivity index (χ0n) is 21.4. The van der Waals surface area contributed by atoms with Crippen molar-refractivity contribution in [1.82, 2.24) is 0 Å². The number of hydrogen-bond donors (Lipinski definition) is 0. The van der Waals surface area contributed by atoms with E-state index in [-0.39, 0.29) is 23.4 Å². The molecule has 2 fully saturated rings. The van der Waals surface area contributed by atoms with Gasteiger partial charge in [0, 0.05) is 14.2 Å². The summed E-state index contributed by atoms with van der Waals surface area (Å²) in [4.78, 5) is 0. The summed E-state index contributed by atoms with van der Waals surface area (Å²) in [6.45, 7) is 6.44. The summed E-state index contributed by atoms with van der Waals surface area (Å²) < 4.78 is 33.9. The van der Waals surface area contributed by atoms with Crippen molar-refractivity contribution in [1.29, 1.82) is 0 Å². The van der Waals surface area contributed by atoms with E-state index in [1.807, 2.05) is 38.1 Å². The topological polar surface area (TPSA) is 62.0 Å². The van der Waals surface area contributed by atoms with Crippen molar-refractivity contribution in [2.45, 2.75) is 37.3 Å². The molecule has 0 saturated carbocycles. The number of rotatable bonds is 12. The SMILES string of the molecule is COC(COc1ccc(-c2ccc(-c3ccc(OCC(OC)C4(C)CO4)cc3)cc2)cc1)C1(C)CO1. The van der Waals surface area contributed by atoms with Gasteiger partial charge in [-0.1, -0.05) is 48.5 Å². The molecule has 4 atom stereocenters. The standard InChI is InChI=1S/C30H34O6/c1-29(19-35-29)27(31-3)17-33-25-13-9-23(10-14-25)21-5-7-22(8-6-21)24-11-15-26(16-12-24)34-18-28(32-4)30(2)20-36-30/h5-16,27-28H,17-20H2,1-4H3. The Hall–Kier alpha value is -2.90. The smallest absolute Gasteiger partial charge is 0.122 e. The van der Waals surface area contributed by atoms with Crippen molar-refractivity contribution in [3.8, 4) is 33.8 Å². The van der Waals surface area contributed by atoms with Gasteiger partial charge >= 0.3 is 0 Å². The summed E-state index contributed by atoms with van der Waals surface area (Å²) in [6.07, 6.45) is -0.151. The van der Waals surface area contributed by atoms with Crippen LogP contribution in [0.2, 0.25) is 0 Å². The minimum absolute atomic E-state index is 0.0755. The van der Waals surface area contributed by atoms with Crippen molar-refractivity contribution in [3.63, 3.8) is 0 Å². The minimum atomic E-state index is -0.221. The maximum atomic E-state index is 5.93. The third-order valence-electron chi connectivity index (χ3n) is 7.19. The maximum absolute atomic E-state index is 5.93. The third-order valence-corrected chi connectivity index (χ3v) is 7.19. The van der Waals surface area contributed by atoms with Crippen LogP contribution in [0.4, 0.5) is 0 Å². The van der Waals surface area contributed by atoms with Crippen LogP contribution in [0.15, 0.2) is 72.8 Å². The first-order valence-electron chi connectivity index (χ1n) is 12.3. The molecule has 6 nitrogen and oxygen atoms in total. The lowest BCUT2D eigenvalue weighted by Gasteiger charge is -2.19. The molecule has 2 aliphatic heterocycles. The largest absolute Gasteiger partial charge is 0.491 e. The molecule has 3 aromatic rings. The Morgan fingerprint density at radius 2 is 0.861 bits per heavy atom. The van der Waals surface area contributed by atoms with Crippen molar-refractivity contribution < 1.29 is 28.4 Å². The van der Waals surface area contributed by atoms with Crippen LogP contribution in [-0.2, 0) is 18.9 Å². The fourth-order valence-electron chi connectivity index (χ4n) is 4.27. The van der Waals surface area contributed by atoms with E-state index in [2.05, 4.69) is 48.5 Å². The van der Waals surface area contributed by atoms with E-state index in [0.29, 0.717) is 26.4 Å². The lowest BCUT2D eigenvalue weighted by Crippen LogP contribution is -2.34. The first kappa shape index (κ1) is 24.8. The second kappa shape index (κ2) is 10.2. The lowest BCUT2D eigenvalue weighted by atomic mass is 10.0. The molecule has 2 aliphatic rings. The van der Waals surface area contributed by atoms with E-state index in [0.717, 1.165) is 33.8 Å². The van der Waals surface area contributed by atoms with Crippen molar-refractivity contribution in [2.24, 2.45) is 0 Å². The summed E-state index contributed by atoms with van der Waals surface area (Å²) in [5, 5.41) is 0. The highest BCUT2D eigenvalue weighted by Crippen LogP contribution is 2.34. The molecule has 0 bridgehead atoms. The number of methoxy groups -OCH3 is 2. The lowest BCUT2D eigenvalue weighted by molar-refractivity contribution is 0.00494.